The summed E-state index contributed by atoms with van der Waals surface area (Å²) in [5.74, 6) is -4.45. The highest BCUT2D eigenvalue weighted by Crippen LogP contribution is 2.32. The molecule has 220 valence electrons. The van der Waals surface area contributed by atoms with Crippen LogP contribution >= 0.6 is 0 Å². The molecule has 0 spiro atoms. The van der Waals surface area contributed by atoms with Crippen molar-refractivity contribution < 1.29 is 53.9 Å². The Kier molecular flexibility index (Phi) is 15.9. The molecule has 5 N–H and O–H groups in total. The van der Waals surface area contributed by atoms with E-state index in [1.807, 2.05) is 12.1 Å². The van der Waals surface area contributed by atoms with Gasteiger partial charge in [-0.25, -0.2) is 24.0 Å². The molecule has 2 aliphatic rings. The molecular formula is C26H35N3O11. The van der Waals surface area contributed by atoms with E-state index >= 15 is 0 Å². The molecule has 2 aliphatic heterocycles. The van der Waals surface area contributed by atoms with Crippen LogP contribution in [0.2, 0.25) is 0 Å². The van der Waals surface area contributed by atoms with Crippen molar-refractivity contribution in [2.24, 2.45) is 0 Å². The minimum atomic E-state index is -1.26. The Bertz CT molecular complexity index is 969. The standard InChI is InChI=1S/C18H27N3O3.2C4H4O4/c1-19-18(22)24-16-6-4-15(5-7-16)17-3-2-8-21(17)10-9-20-11-13-23-14-12-20;2*5-3(6)1-2-4(7)8/h4-7,17H,2-3,8-14H2,1H3,(H,19,22);2*1-2H,(H,5,6)(H,7,8)/b;2*2-1+. The van der Waals surface area contributed by atoms with E-state index in [1.165, 1.54) is 18.4 Å². The zero-order chi connectivity index (χ0) is 29.9. The first-order chi connectivity index (χ1) is 19.0. The van der Waals surface area contributed by atoms with Crippen molar-refractivity contribution >= 4 is 30.0 Å². The molecule has 0 saturated carbocycles. The van der Waals surface area contributed by atoms with Crippen molar-refractivity contribution in [3.05, 3.63) is 54.1 Å². The predicted molar refractivity (Wildman–Crippen MR) is 141 cm³/mol. The number of carbonyl (C=O) groups excluding carboxylic acids is 1. The number of ether oxygens (including phenoxy) is 2. The molecule has 1 amide bonds. The smallest absolute Gasteiger partial charge is 0.412 e. The molecule has 0 aromatic heterocycles. The number of hydrogen-bond acceptors (Lipinski definition) is 9. The van der Waals surface area contributed by atoms with Crippen molar-refractivity contribution in [1.82, 2.24) is 15.1 Å². The van der Waals surface area contributed by atoms with Gasteiger partial charge in [0.1, 0.15) is 5.75 Å². The molecule has 3 rings (SSSR count). The first-order valence-corrected chi connectivity index (χ1v) is 12.3. The van der Waals surface area contributed by atoms with Crippen LogP contribution in [0.3, 0.4) is 0 Å². The molecule has 1 aromatic rings. The van der Waals surface area contributed by atoms with E-state index in [-0.39, 0.29) is 0 Å². The lowest BCUT2D eigenvalue weighted by Gasteiger charge is -2.31. The topological polar surface area (TPSA) is 203 Å². The summed E-state index contributed by atoms with van der Waals surface area (Å²) in [4.78, 5) is 54.5. The second-order valence-corrected chi connectivity index (χ2v) is 8.38. The van der Waals surface area contributed by atoms with Gasteiger partial charge in [-0.05, 0) is 37.1 Å². The highest BCUT2D eigenvalue weighted by atomic mass is 16.6. The second kappa shape index (κ2) is 18.9. The number of rotatable bonds is 9. The van der Waals surface area contributed by atoms with Crippen LogP contribution < -0.4 is 10.1 Å². The minimum Gasteiger partial charge on any atom is -0.478 e. The number of amides is 1. The Morgan fingerprint density at radius 3 is 1.80 bits per heavy atom. The van der Waals surface area contributed by atoms with Crippen LogP contribution in [0, 0.1) is 0 Å². The molecule has 14 nitrogen and oxygen atoms in total. The summed E-state index contributed by atoms with van der Waals surface area (Å²) in [5.41, 5.74) is 1.30. The Labute approximate surface area is 231 Å². The molecule has 1 aromatic carbocycles. The third-order valence-corrected chi connectivity index (χ3v) is 5.59. The summed E-state index contributed by atoms with van der Waals surface area (Å²) < 4.78 is 10.6. The molecule has 1 atom stereocenters. The van der Waals surface area contributed by atoms with Gasteiger partial charge in [0.15, 0.2) is 0 Å². The SMILES string of the molecule is CNC(=O)Oc1ccc(C2CCCN2CCN2CCOCC2)cc1.O=C(O)/C=C/C(=O)O.O=C(O)/C=C/C(=O)O. The van der Waals surface area contributed by atoms with Gasteiger partial charge in [0.2, 0.25) is 0 Å². The quantitative estimate of drug-likeness (QED) is 0.268. The van der Waals surface area contributed by atoms with E-state index in [1.54, 1.807) is 7.05 Å². The average Bonchev–Trinajstić information content (AvgIpc) is 3.40. The second-order valence-electron chi connectivity index (χ2n) is 8.38. The lowest BCUT2D eigenvalue weighted by Crippen LogP contribution is -2.41. The van der Waals surface area contributed by atoms with E-state index in [2.05, 4.69) is 27.2 Å². The fraction of sp³-hybridized carbons (Fsp3) is 0.423. The maximum atomic E-state index is 11.3. The summed E-state index contributed by atoms with van der Waals surface area (Å²) in [5, 5.41) is 33.7. The van der Waals surface area contributed by atoms with E-state index in [0.29, 0.717) is 36.1 Å². The fourth-order valence-electron chi connectivity index (χ4n) is 3.77. The van der Waals surface area contributed by atoms with Crippen molar-refractivity contribution in [2.45, 2.75) is 18.9 Å². The maximum Gasteiger partial charge on any atom is 0.412 e. The van der Waals surface area contributed by atoms with Gasteiger partial charge in [-0.2, -0.15) is 0 Å². The molecule has 0 aliphatic carbocycles. The highest BCUT2D eigenvalue weighted by molar-refractivity contribution is 5.90. The first-order valence-electron chi connectivity index (χ1n) is 12.3. The van der Waals surface area contributed by atoms with Gasteiger partial charge in [0.05, 0.1) is 13.2 Å². The fourth-order valence-corrected chi connectivity index (χ4v) is 3.77. The lowest BCUT2D eigenvalue weighted by molar-refractivity contribution is -0.134. The lowest BCUT2D eigenvalue weighted by atomic mass is 10.0. The number of carboxylic acids is 4. The summed E-state index contributed by atoms with van der Waals surface area (Å²) >= 11 is 0. The van der Waals surface area contributed by atoms with Crippen molar-refractivity contribution in [1.29, 1.82) is 0 Å². The number of carbonyl (C=O) groups is 5. The molecular weight excluding hydrogens is 530 g/mol. The Balaban J connectivity index is 0.000000412. The van der Waals surface area contributed by atoms with Gasteiger partial charge in [-0.3, -0.25) is 9.80 Å². The highest BCUT2D eigenvalue weighted by Gasteiger charge is 2.26. The van der Waals surface area contributed by atoms with Gasteiger partial charge < -0.3 is 35.2 Å². The zero-order valence-corrected chi connectivity index (χ0v) is 22.1. The number of nitrogens with one attached hydrogen (secondary N) is 1. The van der Waals surface area contributed by atoms with Crippen LogP contribution in [-0.2, 0) is 23.9 Å². The Hall–Kier alpha value is -4.27. The number of benzene rings is 1. The van der Waals surface area contributed by atoms with Gasteiger partial charge in [-0.1, -0.05) is 12.1 Å². The Morgan fingerprint density at radius 1 is 0.850 bits per heavy atom. The minimum absolute atomic E-state index is 0.434. The molecule has 2 saturated heterocycles. The van der Waals surface area contributed by atoms with E-state index < -0.39 is 30.0 Å². The Morgan fingerprint density at radius 2 is 1.35 bits per heavy atom. The monoisotopic (exact) mass is 565 g/mol. The number of aliphatic carboxylic acids is 4. The molecule has 14 heteroatoms. The van der Waals surface area contributed by atoms with Crippen LogP contribution in [-0.4, -0.2) is 113 Å². The van der Waals surface area contributed by atoms with E-state index in [4.69, 9.17) is 29.9 Å². The van der Waals surface area contributed by atoms with Gasteiger partial charge >= 0.3 is 30.0 Å². The summed E-state index contributed by atoms with van der Waals surface area (Å²) in [6, 6.07) is 8.39. The molecule has 2 fully saturated rings. The van der Waals surface area contributed by atoms with Gasteiger partial charge in [0.25, 0.3) is 0 Å². The number of nitrogens with zero attached hydrogens (tertiary/aromatic N) is 2. The van der Waals surface area contributed by atoms with Gasteiger partial charge in [-0.15, -0.1) is 0 Å². The van der Waals surface area contributed by atoms with E-state index in [0.717, 1.165) is 45.9 Å². The third kappa shape index (κ3) is 15.2. The predicted octanol–water partition coefficient (Wildman–Crippen LogP) is 1.30. The van der Waals surface area contributed by atoms with Crippen LogP contribution in [0.4, 0.5) is 4.79 Å². The number of likely N-dealkylation sites (tertiary alicyclic amines) is 1. The summed E-state index contributed by atoms with van der Waals surface area (Å²) in [7, 11) is 1.56. The summed E-state index contributed by atoms with van der Waals surface area (Å²) in [6.07, 6.45) is 4.23. The van der Waals surface area contributed by atoms with Crippen molar-refractivity contribution in [3.63, 3.8) is 0 Å². The van der Waals surface area contributed by atoms with Crippen LogP contribution in [0.5, 0.6) is 5.75 Å². The van der Waals surface area contributed by atoms with Crippen molar-refractivity contribution in [2.75, 3.05) is 53.0 Å². The van der Waals surface area contributed by atoms with Crippen molar-refractivity contribution in [3.8, 4) is 5.75 Å². The maximum absolute atomic E-state index is 11.3. The number of morpholine rings is 1. The van der Waals surface area contributed by atoms with Crippen LogP contribution in [0.1, 0.15) is 24.4 Å². The number of carboxylic acid groups (broad SMARTS) is 4. The number of hydrogen-bond donors (Lipinski definition) is 5. The largest absolute Gasteiger partial charge is 0.478 e. The molecule has 0 bridgehead atoms. The molecule has 1 unspecified atom stereocenters. The van der Waals surface area contributed by atoms with Gasteiger partial charge in [0, 0.05) is 63.6 Å². The molecule has 40 heavy (non-hydrogen) atoms. The van der Waals surface area contributed by atoms with Crippen LogP contribution in [0.15, 0.2) is 48.6 Å². The third-order valence-electron chi connectivity index (χ3n) is 5.59. The normalized spacial score (nSPS) is 17.3. The van der Waals surface area contributed by atoms with Crippen LogP contribution in [0.25, 0.3) is 0 Å². The molecule has 0 radical (unpaired) electrons. The first kappa shape index (κ1) is 33.8. The summed E-state index contributed by atoms with van der Waals surface area (Å²) in [6.45, 7) is 7.17. The molecule has 2 heterocycles. The van der Waals surface area contributed by atoms with E-state index in [9.17, 15) is 24.0 Å². The average molecular weight is 566 g/mol. The zero-order valence-electron chi connectivity index (χ0n) is 22.1.